The minimum absolute atomic E-state index is 0.00977. The molecule has 98 valence electrons. The molecule has 0 radical (unpaired) electrons. The molecule has 0 aromatic rings. The largest absolute Gasteiger partial charge is 0.461 e. The average molecular weight is 248 g/mol. The van der Waals surface area contributed by atoms with Crippen LogP contribution in [0.4, 0.5) is 0 Å². The number of allylic oxidation sites excluding steroid dienone is 1. The standard InChI is InChI=1S/C15H20O3/c1-7-4-5-10-8(2)15(17)18-14(10)13-9(3)12(16)6-11(7)13/h6-10,13-14H,4-5H2,1-3H3/t7-,8+,9-,10+,13+,14+/m1/s1. The molecule has 18 heavy (non-hydrogen) atoms. The van der Waals surface area contributed by atoms with Crippen molar-refractivity contribution in [2.24, 2.45) is 29.6 Å². The molecular weight excluding hydrogens is 228 g/mol. The van der Waals surface area contributed by atoms with Crippen LogP contribution in [0.15, 0.2) is 11.6 Å². The van der Waals surface area contributed by atoms with Crippen molar-refractivity contribution in [1.82, 2.24) is 0 Å². The Kier molecular flexibility index (Phi) is 2.61. The first kappa shape index (κ1) is 11.9. The second-order valence-corrected chi connectivity index (χ2v) is 6.19. The number of carbonyl (C=O) groups is 2. The van der Waals surface area contributed by atoms with Crippen molar-refractivity contribution in [3.8, 4) is 0 Å². The molecule has 1 heterocycles. The lowest BCUT2D eigenvalue weighted by Crippen LogP contribution is -2.32. The highest BCUT2D eigenvalue weighted by atomic mass is 16.6. The van der Waals surface area contributed by atoms with Crippen LogP contribution in [0.3, 0.4) is 0 Å². The molecule has 0 amide bonds. The molecule has 1 aliphatic heterocycles. The fraction of sp³-hybridized carbons (Fsp3) is 0.733. The molecule has 2 fully saturated rings. The van der Waals surface area contributed by atoms with Crippen LogP contribution < -0.4 is 0 Å². The van der Waals surface area contributed by atoms with E-state index in [1.807, 2.05) is 19.9 Å². The molecule has 1 saturated carbocycles. The fourth-order valence-corrected chi connectivity index (χ4v) is 3.95. The van der Waals surface area contributed by atoms with Gasteiger partial charge in [0.1, 0.15) is 6.10 Å². The van der Waals surface area contributed by atoms with Crippen molar-refractivity contribution < 1.29 is 14.3 Å². The third-order valence-corrected chi connectivity index (χ3v) is 5.23. The fourth-order valence-electron chi connectivity index (χ4n) is 3.95. The van der Waals surface area contributed by atoms with E-state index in [-0.39, 0.29) is 35.6 Å². The lowest BCUT2D eigenvalue weighted by molar-refractivity contribution is -0.146. The van der Waals surface area contributed by atoms with Gasteiger partial charge in [-0.05, 0) is 24.8 Å². The highest BCUT2D eigenvalue weighted by Crippen LogP contribution is 2.49. The van der Waals surface area contributed by atoms with Crippen molar-refractivity contribution in [1.29, 1.82) is 0 Å². The number of rotatable bonds is 0. The number of hydrogen-bond donors (Lipinski definition) is 0. The van der Waals surface area contributed by atoms with Gasteiger partial charge in [-0.15, -0.1) is 0 Å². The van der Waals surface area contributed by atoms with Gasteiger partial charge in [0.15, 0.2) is 5.78 Å². The monoisotopic (exact) mass is 248 g/mol. The first-order valence-corrected chi connectivity index (χ1v) is 6.96. The molecule has 0 aromatic heterocycles. The average Bonchev–Trinajstić information content (AvgIpc) is 2.72. The minimum atomic E-state index is -0.0783. The summed E-state index contributed by atoms with van der Waals surface area (Å²) in [6.07, 6.45) is 3.85. The predicted molar refractivity (Wildman–Crippen MR) is 66.7 cm³/mol. The van der Waals surface area contributed by atoms with Crippen LogP contribution in [0.1, 0.15) is 33.6 Å². The molecule has 2 aliphatic carbocycles. The summed E-state index contributed by atoms with van der Waals surface area (Å²) in [5.74, 6) is 0.970. The van der Waals surface area contributed by atoms with E-state index in [2.05, 4.69) is 6.92 Å². The molecule has 0 unspecified atom stereocenters. The van der Waals surface area contributed by atoms with Crippen LogP contribution in [0, 0.1) is 29.6 Å². The van der Waals surface area contributed by atoms with Gasteiger partial charge in [0.25, 0.3) is 0 Å². The van der Waals surface area contributed by atoms with Gasteiger partial charge in [-0.2, -0.15) is 0 Å². The van der Waals surface area contributed by atoms with Crippen LogP contribution in [-0.4, -0.2) is 17.9 Å². The van der Waals surface area contributed by atoms with Gasteiger partial charge in [0.2, 0.25) is 0 Å². The van der Waals surface area contributed by atoms with Crippen LogP contribution in [0.2, 0.25) is 0 Å². The number of ether oxygens (including phenoxy) is 1. The smallest absolute Gasteiger partial charge is 0.309 e. The Bertz CT molecular complexity index is 437. The van der Waals surface area contributed by atoms with E-state index in [4.69, 9.17) is 4.74 Å². The van der Waals surface area contributed by atoms with E-state index in [1.54, 1.807) is 0 Å². The van der Waals surface area contributed by atoms with E-state index in [0.717, 1.165) is 12.8 Å². The van der Waals surface area contributed by atoms with Gasteiger partial charge in [-0.1, -0.05) is 26.3 Å². The van der Waals surface area contributed by atoms with Crippen molar-refractivity contribution >= 4 is 11.8 Å². The second kappa shape index (κ2) is 3.94. The van der Waals surface area contributed by atoms with E-state index < -0.39 is 0 Å². The summed E-state index contributed by atoms with van der Waals surface area (Å²) in [4.78, 5) is 23.7. The lowest BCUT2D eigenvalue weighted by atomic mass is 9.79. The molecule has 0 N–H and O–H groups in total. The number of carbonyl (C=O) groups excluding carboxylic acids is 2. The summed E-state index contributed by atoms with van der Waals surface area (Å²) < 4.78 is 5.61. The molecule has 3 heteroatoms. The quantitative estimate of drug-likeness (QED) is 0.618. The van der Waals surface area contributed by atoms with Gasteiger partial charge in [0, 0.05) is 17.8 Å². The number of fused-ring (bicyclic) bond motifs is 3. The molecule has 0 bridgehead atoms. The maximum Gasteiger partial charge on any atom is 0.309 e. The highest BCUT2D eigenvalue weighted by Gasteiger charge is 2.52. The van der Waals surface area contributed by atoms with Crippen LogP contribution >= 0.6 is 0 Å². The SMILES string of the molecule is C[C@@H]1CC[C@@H]2[C@H](OC(=O)[C@H]2C)[C@@H]2C1=CC(=O)[C@H]2C. The molecule has 0 aromatic carbocycles. The summed E-state index contributed by atoms with van der Waals surface area (Å²) in [6, 6.07) is 0. The summed E-state index contributed by atoms with van der Waals surface area (Å²) in [7, 11) is 0. The maximum absolute atomic E-state index is 11.9. The Morgan fingerprint density at radius 3 is 2.56 bits per heavy atom. The van der Waals surface area contributed by atoms with Crippen LogP contribution in [-0.2, 0) is 14.3 Å². The Hall–Kier alpha value is -1.12. The molecule has 3 nitrogen and oxygen atoms in total. The summed E-state index contributed by atoms with van der Waals surface area (Å²) in [5.41, 5.74) is 1.22. The summed E-state index contributed by atoms with van der Waals surface area (Å²) >= 11 is 0. The van der Waals surface area contributed by atoms with Gasteiger partial charge < -0.3 is 4.74 Å². The lowest BCUT2D eigenvalue weighted by Gasteiger charge is -2.27. The predicted octanol–water partition coefficient (Wildman–Crippen LogP) is 2.36. The van der Waals surface area contributed by atoms with E-state index in [0.29, 0.717) is 11.8 Å². The zero-order chi connectivity index (χ0) is 13.0. The van der Waals surface area contributed by atoms with E-state index in [1.165, 1.54) is 5.57 Å². The Morgan fingerprint density at radius 1 is 1.11 bits per heavy atom. The van der Waals surface area contributed by atoms with Gasteiger partial charge in [0.05, 0.1) is 5.92 Å². The van der Waals surface area contributed by atoms with Crippen LogP contribution in [0.5, 0.6) is 0 Å². The molecule has 0 spiro atoms. The molecule has 3 aliphatic rings. The van der Waals surface area contributed by atoms with Gasteiger partial charge >= 0.3 is 5.97 Å². The molecule has 1 saturated heterocycles. The first-order valence-electron chi connectivity index (χ1n) is 6.96. The third-order valence-electron chi connectivity index (χ3n) is 5.23. The third kappa shape index (κ3) is 1.49. The van der Waals surface area contributed by atoms with E-state index >= 15 is 0 Å². The number of esters is 1. The summed E-state index contributed by atoms with van der Waals surface area (Å²) in [6.45, 7) is 6.13. The zero-order valence-electron chi connectivity index (χ0n) is 11.2. The van der Waals surface area contributed by atoms with Crippen molar-refractivity contribution in [2.45, 2.75) is 39.7 Å². The van der Waals surface area contributed by atoms with Crippen molar-refractivity contribution in [3.63, 3.8) is 0 Å². The van der Waals surface area contributed by atoms with Gasteiger partial charge in [-0.3, -0.25) is 9.59 Å². The van der Waals surface area contributed by atoms with Crippen LogP contribution in [0.25, 0.3) is 0 Å². The molecular formula is C15H20O3. The second-order valence-electron chi connectivity index (χ2n) is 6.19. The Balaban J connectivity index is 2.00. The van der Waals surface area contributed by atoms with Gasteiger partial charge in [-0.25, -0.2) is 0 Å². The van der Waals surface area contributed by atoms with Crippen molar-refractivity contribution in [2.75, 3.05) is 0 Å². The number of hydrogen-bond acceptors (Lipinski definition) is 3. The Morgan fingerprint density at radius 2 is 1.83 bits per heavy atom. The van der Waals surface area contributed by atoms with E-state index in [9.17, 15) is 9.59 Å². The van der Waals surface area contributed by atoms with Crippen molar-refractivity contribution in [3.05, 3.63) is 11.6 Å². The first-order chi connectivity index (χ1) is 8.50. The highest BCUT2D eigenvalue weighted by molar-refractivity contribution is 5.95. The molecule has 3 rings (SSSR count). The number of ketones is 1. The minimum Gasteiger partial charge on any atom is -0.461 e. The Labute approximate surface area is 108 Å². The zero-order valence-corrected chi connectivity index (χ0v) is 11.2. The molecule has 6 atom stereocenters. The topological polar surface area (TPSA) is 43.4 Å². The maximum atomic E-state index is 11.9. The normalized spacial score (nSPS) is 47.2. The summed E-state index contributed by atoms with van der Waals surface area (Å²) in [5, 5.41) is 0.